The Balaban J connectivity index is 2.32. The lowest BCUT2D eigenvalue weighted by Crippen LogP contribution is -2.53. The summed E-state index contributed by atoms with van der Waals surface area (Å²) in [6.45, 7) is 10.5. The summed E-state index contributed by atoms with van der Waals surface area (Å²) in [6, 6.07) is 3.40. The third-order valence-corrected chi connectivity index (χ3v) is 4.25. The zero-order valence-electron chi connectivity index (χ0n) is 12.7. The first kappa shape index (κ1) is 15.4. The lowest BCUT2D eigenvalue weighted by Gasteiger charge is -2.44. The molecule has 1 aliphatic rings. The van der Waals surface area contributed by atoms with E-state index >= 15 is 0 Å². The monoisotopic (exact) mass is 281 g/mol. The van der Waals surface area contributed by atoms with E-state index in [1.807, 2.05) is 33.8 Å². The molecule has 0 aliphatic carbocycles. The van der Waals surface area contributed by atoms with Crippen LogP contribution >= 0.6 is 0 Å². The highest BCUT2D eigenvalue weighted by Gasteiger charge is 2.38. The van der Waals surface area contributed by atoms with Crippen LogP contribution in [-0.2, 0) is 4.74 Å². The molecule has 0 saturated carbocycles. The molecule has 1 unspecified atom stereocenters. The fourth-order valence-corrected chi connectivity index (χ4v) is 2.94. The molecule has 20 heavy (non-hydrogen) atoms. The number of aliphatic hydroxyl groups is 1. The summed E-state index contributed by atoms with van der Waals surface area (Å²) in [5, 5.41) is 10.7. The molecule has 0 amide bonds. The van der Waals surface area contributed by atoms with Crippen LogP contribution in [0.1, 0.15) is 36.6 Å². The lowest BCUT2D eigenvalue weighted by molar-refractivity contribution is -0.0641. The molecule has 0 radical (unpaired) electrons. The maximum atomic E-state index is 14.3. The fourth-order valence-electron chi connectivity index (χ4n) is 2.94. The molecular formula is C16H24FNO2. The summed E-state index contributed by atoms with van der Waals surface area (Å²) >= 11 is 0. The van der Waals surface area contributed by atoms with E-state index in [2.05, 4.69) is 4.90 Å². The van der Waals surface area contributed by atoms with E-state index < -0.39 is 11.6 Å². The molecule has 2 rings (SSSR count). The maximum Gasteiger partial charge on any atom is 0.129 e. The summed E-state index contributed by atoms with van der Waals surface area (Å²) in [5.74, 6) is -0.323. The van der Waals surface area contributed by atoms with E-state index in [4.69, 9.17) is 4.74 Å². The van der Waals surface area contributed by atoms with Gasteiger partial charge in [0.05, 0.1) is 19.3 Å². The van der Waals surface area contributed by atoms with Crippen molar-refractivity contribution in [1.82, 2.24) is 4.90 Å². The van der Waals surface area contributed by atoms with Crippen LogP contribution in [0.25, 0.3) is 0 Å². The minimum atomic E-state index is -0.860. The van der Waals surface area contributed by atoms with E-state index in [9.17, 15) is 9.50 Å². The van der Waals surface area contributed by atoms with Gasteiger partial charge in [0.15, 0.2) is 0 Å². The maximum absolute atomic E-state index is 14.3. The minimum absolute atomic E-state index is 0.323. The molecule has 1 aliphatic heterocycles. The van der Waals surface area contributed by atoms with Gasteiger partial charge in [-0.05, 0) is 44.9 Å². The highest BCUT2D eigenvalue weighted by atomic mass is 19.1. The number of morpholine rings is 1. The van der Waals surface area contributed by atoms with Gasteiger partial charge in [-0.2, -0.15) is 0 Å². The van der Waals surface area contributed by atoms with Crippen molar-refractivity contribution in [3.63, 3.8) is 0 Å². The van der Waals surface area contributed by atoms with E-state index in [1.165, 1.54) is 6.07 Å². The van der Waals surface area contributed by atoms with Crippen LogP contribution in [0.5, 0.6) is 0 Å². The van der Waals surface area contributed by atoms with E-state index in [0.717, 1.165) is 24.2 Å². The van der Waals surface area contributed by atoms with Crippen molar-refractivity contribution < 1.29 is 14.2 Å². The highest BCUT2D eigenvalue weighted by Crippen LogP contribution is 2.35. The van der Waals surface area contributed by atoms with Gasteiger partial charge in [-0.3, -0.25) is 4.90 Å². The average Bonchev–Trinajstić information content (AvgIpc) is 2.38. The zero-order chi connectivity index (χ0) is 14.9. The first-order valence-corrected chi connectivity index (χ1v) is 7.11. The Bertz CT molecular complexity index is 458. The van der Waals surface area contributed by atoms with Crippen molar-refractivity contribution in [1.29, 1.82) is 0 Å². The highest BCUT2D eigenvalue weighted by molar-refractivity contribution is 5.35. The molecule has 1 saturated heterocycles. The van der Waals surface area contributed by atoms with Gasteiger partial charge in [0.1, 0.15) is 5.82 Å². The molecule has 0 aromatic heterocycles. The van der Waals surface area contributed by atoms with E-state index in [-0.39, 0.29) is 5.82 Å². The second-order valence-electron chi connectivity index (χ2n) is 6.13. The molecule has 1 aromatic carbocycles. The van der Waals surface area contributed by atoms with Crippen LogP contribution < -0.4 is 0 Å². The third kappa shape index (κ3) is 2.87. The normalized spacial score (nSPS) is 19.1. The predicted octanol–water partition coefficient (Wildman–Crippen LogP) is 2.59. The Morgan fingerprint density at radius 3 is 2.40 bits per heavy atom. The van der Waals surface area contributed by atoms with Crippen LogP contribution in [0.3, 0.4) is 0 Å². The molecule has 0 bridgehead atoms. The van der Waals surface area contributed by atoms with Crippen molar-refractivity contribution in [2.24, 2.45) is 0 Å². The number of aryl methyl sites for hydroxylation is 2. The largest absolute Gasteiger partial charge is 0.386 e. The number of ether oxygens (including phenoxy) is 1. The van der Waals surface area contributed by atoms with Gasteiger partial charge in [-0.1, -0.05) is 6.07 Å². The topological polar surface area (TPSA) is 32.7 Å². The van der Waals surface area contributed by atoms with Crippen molar-refractivity contribution in [2.75, 3.05) is 26.3 Å². The van der Waals surface area contributed by atoms with Crippen LogP contribution in [0, 0.1) is 19.7 Å². The number of rotatable bonds is 3. The number of hydrogen-bond donors (Lipinski definition) is 1. The van der Waals surface area contributed by atoms with Crippen molar-refractivity contribution in [2.45, 2.75) is 39.3 Å². The summed E-state index contributed by atoms with van der Waals surface area (Å²) in [4.78, 5) is 2.17. The molecule has 4 heteroatoms. The smallest absolute Gasteiger partial charge is 0.129 e. The number of halogens is 1. The van der Waals surface area contributed by atoms with Crippen LogP contribution in [0.15, 0.2) is 12.1 Å². The molecule has 1 fully saturated rings. The Morgan fingerprint density at radius 2 is 1.85 bits per heavy atom. The molecule has 3 nitrogen and oxygen atoms in total. The van der Waals surface area contributed by atoms with Crippen LogP contribution in [0.4, 0.5) is 4.39 Å². The second-order valence-corrected chi connectivity index (χ2v) is 6.13. The fraction of sp³-hybridized carbons (Fsp3) is 0.625. The average molecular weight is 281 g/mol. The van der Waals surface area contributed by atoms with Crippen molar-refractivity contribution in [3.8, 4) is 0 Å². The van der Waals surface area contributed by atoms with Gasteiger partial charge < -0.3 is 9.84 Å². The molecule has 1 atom stereocenters. The molecule has 1 N–H and O–H groups in total. The van der Waals surface area contributed by atoms with Gasteiger partial charge in [-0.25, -0.2) is 4.39 Å². The van der Waals surface area contributed by atoms with Crippen LogP contribution in [0.2, 0.25) is 0 Å². The summed E-state index contributed by atoms with van der Waals surface area (Å²) in [5.41, 5.74) is 1.56. The van der Waals surface area contributed by atoms with Crippen LogP contribution in [-0.4, -0.2) is 41.8 Å². The minimum Gasteiger partial charge on any atom is -0.386 e. The SMILES string of the molecule is Cc1cc(C)c(C(O)C(C)(C)N2CCOCC2)c(F)c1. The quantitative estimate of drug-likeness (QED) is 0.924. The van der Waals surface area contributed by atoms with Gasteiger partial charge in [0.2, 0.25) is 0 Å². The van der Waals surface area contributed by atoms with Crippen molar-refractivity contribution in [3.05, 3.63) is 34.6 Å². The van der Waals surface area contributed by atoms with Crippen molar-refractivity contribution >= 4 is 0 Å². The lowest BCUT2D eigenvalue weighted by atomic mass is 9.86. The summed E-state index contributed by atoms with van der Waals surface area (Å²) in [6.07, 6.45) is -0.860. The Kier molecular flexibility index (Phi) is 4.47. The van der Waals surface area contributed by atoms with Gasteiger partial charge in [0, 0.05) is 24.2 Å². The number of benzene rings is 1. The molecule has 112 valence electrons. The number of aliphatic hydroxyl groups excluding tert-OH is 1. The van der Waals surface area contributed by atoms with E-state index in [1.54, 1.807) is 0 Å². The third-order valence-electron chi connectivity index (χ3n) is 4.25. The Hall–Kier alpha value is -0.970. The molecular weight excluding hydrogens is 257 g/mol. The second kappa shape index (κ2) is 5.80. The zero-order valence-corrected chi connectivity index (χ0v) is 12.7. The number of hydrogen-bond acceptors (Lipinski definition) is 3. The summed E-state index contributed by atoms with van der Waals surface area (Å²) in [7, 11) is 0. The first-order valence-electron chi connectivity index (χ1n) is 7.11. The predicted molar refractivity (Wildman–Crippen MR) is 77.3 cm³/mol. The Labute approximate surface area is 120 Å². The first-order chi connectivity index (χ1) is 9.34. The Morgan fingerprint density at radius 1 is 1.25 bits per heavy atom. The van der Waals surface area contributed by atoms with Gasteiger partial charge in [-0.15, -0.1) is 0 Å². The molecule has 1 aromatic rings. The number of nitrogens with zero attached hydrogens (tertiary/aromatic N) is 1. The molecule has 1 heterocycles. The van der Waals surface area contributed by atoms with Gasteiger partial charge >= 0.3 is 0 Å². The standard InChI is InChI=1S/C16H24FNO2/c1-11-9-12(2)14(13(17)10-11)15(19)16(3,4)18-5-7-20-8-6-18/h9-10,15,19H,5-8H2,1-4H3. The molecule has 0 spiro atoms. The van der Waals surface area contributed by atoms with E-state index in [0.29, 0.717) is 18.8 Å². The summed E-state index contributed by atoms with van der Waals surface area (Å²) < 4.78 is 19.6. The van der Waals surface area contributed by atoms with Gasteiger partial charge in [0.25, 0.3) is 0 Å².